The molecule has 1 rings (SSSR count). The second-order valence-corrected chi connectivity index (χ2v) is 3.96. The molecule has 0 aliphatic rings. The molecule has 1 aromatic rings. The van der Waals surface area contributed by atoms with Crippen molar-refractivity contribution in [2.45, 2.75) is 26.1 Å². The number of benzene rings is 1. The van der Waals surface area contributed by atoms with Gasteiger partial charge >= 0.3 is 12.1 Å². The second-order valence-electron chi connectivity index (χ2n) is 3.96. The predicted octanol–water partition coefficient (Wildman–Crippen LogP) is 3.42. The SMILES string of the molecule is COC(=O)c1c(C(F)(F)F)ccc(OC(C)C)c1F. The molecule has 0 N–H and O–H groups in total. The van der Waals surface area contributed by atoms with Crippen molar-refractivity contribution in [3.8, 4) is 5.75 Å². The number of alkyl halides is 3. The number of hydrogen-bond donors (Lipinski definition) is 0. The minimum absolute atomic E-state index is 0.427. The zero-order valence-corrected chi connectivity index (χ0v) is 10.5. The van der Waals surface area contributed by atoms with Gasteiger partial charge in [0.05, 0.1) is 18.8 Å². The maximum Gasteiger partial charge on any atom is 0.417 e. The van der Waals surface area contributed by atoms with Crippen molar-refractivity contribution in [1.29, 1.82) is 0 Å². The Labute approximate surface area is 107 Å². The van der Waals surface area contributed by atoms with E-state index in [1.165, 1.54) is 0 Å². The molecular formula is C12H12F4O3. The average Bonchev–Trinajstić information content (AvgIpc) is 2.28. The topological polar surface area (TPSA) is 35.5 Å². The van der Waals surface area contributed by atoms with Gasteiger partial charge in [-0.1, -0.05) is 0 Å². The van der Waals surface area contributed by atoms with E-state index in [1.54, 1.807) is 13.8 Å². The molecule has 0 atom stereocenters. The Hall–Kier alpha value is -1.79. The summed E-state index contributed by atoms with van der Waals surface area (Å²) in [5, 5.41) is 0. The summed E-state index contributed by atoms with van der Waals surface area (Å²) in [6.07, 6.45) is -5.31. The average molecular weight is 280 g/mol. The smallest absolute Gasteiger partial charge is 0.417 e. The van der Waals surface area contributed by atoms with Gasteiger partial charge < -0.3 is 9.47 Å². The molecule has 7 heteroatoms. The van der Waals surface area contributed by atoms with Crippen molar-refractivity contribution in [2.75, 3.05) is 7.11 Å². The number of carbonyl (C=O) groups is 1. The van der Waals surface area contributed by atoms with E-state index in [0.29, 0.717) is 6.07 Å². The summed E-state index contributed by atoms with van der Waals surface area (Å²) in [5.41, 5.74) is -2.57. The van der Waals surface area contributed by atoms with Crippen LogP contribution >= 0.6 is 0 Å². The Morgan fingerprint density at radius 1 is 1.26 bits per heavy atom. The molecule has 0 amide bonds. The maximum atomic E-state index is 13.9. The van der Waals surface area contributed by atoms with Gasteiger partial charge in [-0.25, -0.2) is 9.18 Å². The lowest BCUT2D eigenvalue weighted by molar-refractivity contribution is -0.138. The van der Waals surface area contributed by atoms with Gasteiger partial charge in [0, 0.05) is 0 Å². The number of carbonyl (C=O) groups excluding carboxylic acids is 1. The first-order valence-electron chi connectivity index (χ1n) is 5.33. The lowest BCUT2D eigenvalue weighted by Gasteiger charge is -2.16. The normalized spacial score (nSPS) is 11.6. The van der Waals surface area contributed by atoms with E-state index in [1.807, 2.05) is 0 Å². The number of methoxy groups -OCH3 is 1. The third-order valence-electron chi connectivity index (χ3n) is 2.16. The fraction of sp³-hybridized carbons (Fsp3) is 0.417. The van der Waals surface area contributed by atoms with Crippen LogP contribution in [0, 0.1) is 5.82 Å². The van der Waals surface area contributed by atoms with Crippen LogP contribution < -0.4 is 4.74 Å². The molecule has 0 unspecified atom stereocenters. The molecule has 0 bridgehead atoms. The minimum Gasteiger partial charge on any atom is -0.488 e. The van der Waals surface area contributed by atoms with E-state index in [9.17, 15) is 22.4 Å². The van der Waals surface area contributed by atoms with Crippen LogP contribution in [0.1, 0.15) is 29.8 Å². The zero-order valence-electron chi connectivity index (χ0n) is 10.5. The van der Waals surface area contributed by atoms with E-state index < -0.39 is 40.9 Å². The van der Waals surface area contributed by atoms with Crippen molar-refractivity contribution in [2.24, 2.45) is 0 Å². The standard InChI is InChI=1S/C12H12F4O3/c1-6(2)19-8-5-4-7(12(14,15)16)9(10(8)13)11(17)18-3/h4-6H,1-3H3. The van der Waals surface area contributed by atoms with Gasteiger partial charge in [-0.2, -0.15) is 13.2 Å². The van der Waals surface area contributed by atoms with Gasteiger partial charge in [0.1, 0.15) is 5.56 Å². The van der Waals surface area contributed by atoms with Crippen molar-refractivity contribution in [1.82, 2.24) is 0 Å². The lowest BCUT2D eigenvalue weighted by atomic mass is 10.1. The van der Waals surface area contributed by atoms with Crippen LogP contribution in [0.25, 0.3) is 0 Å². The van der Waals surface area contributed by atoms with Gasteiger partial charge in [-0.15, -0.1) is 0 Å². The van der Waals surface area contributed by atoms with Crippen molar-refractivity contribution in [3.63, 3.8) is 0 Å². The van der Waals surface area contributed by atoms with E-state index in [0.717, 1.165) is 13.2 Å². The highest BCUT2D eigenvalue weighted by Crippen LogP contribution is 2.36. The van der Waals surface area contributed by atoms with Gasteiger partial charge in [0.2, 0.25) is 0 Å². The van der Waals surface area contributed by atoms with Crippen LogP contribution in [0.3, 0.4) is 0 Å². The molecule has 0 aliphatic heterocycles. The second kappa shape index (κ2) is 5.46. The summed E-state index contributed by atoms with van der Waals surface area (Å²) in [4.78, 5) is 11.3. The maximum absolute atomic E-state index is 13.9. The van der Waals surface area contributed by atoms with Crippen LogP contribution in [-0.2, 0) is 10.9 Å². The predicted molar refractivity (Wildman–Crippen MR) is 58.5 cm³/mol. The van der Waals surface area contributed by atoms with E-state index in [2.05, 4.69) is 4.74 Å². The number of esters is 1. The molecule has 0 saturated heterocycles. The molecule has 0 aromatic heterocycles. The van der Waals surface area contributed by atoms with Gasteiger partial charge in [-0.3, -0.25) is 0 Å². The molecule has 1 aromatic carbocycles. The summed E-state index contributed by atoms with van der Waals surface area (Å²) in [5.74, 6) is -3.21. The Kier molecular flexibility index (Phi) is 4.39. The molecular weight excluding hydrogens is 268 g/mol. The third-order valence-corrected chi connectivity index (χ3v) is 2.16. The van der Waals surface area contributed by atoms with Crippen molar-refractivity contribution >= 4 is 5.97 Å². The van der Waals surface area contributed by atoms with Gasteiger partial charge in [0.15, 0.2) is 11.6 Å². The summed E-state index contributed by atoms with van der Waals surface area (Å²) in [6, 6.07) is 1.43. The molecule has 0 radical (unpaired) electrons. The molecule has 106 valence electrons. The fourth-order valence-electron chi connectivity index (χ4n) is 1.44. The van der Waals surface area contributed by atoms with E-state index in [4.69, 9.17) is 4.74 Å². The summed E-state index contributed by atoms with van der Waals surface area (Å²) < 4.78 is 61.2. The Balaban J connectivity index is 3.45. The highest BCUT2D eigenvalue weighted by molar-refractivity contribution is 5.92. The Morgan fingerprint density at radius 2 is 1.84 bits per heavy atom. The molecule has 0 fully saturated rings. The van der Waals surface area contributed by atoms with Crippen LogP contribution in [-0.4, -0.2) is 19.2 Å². The molecule has 0 heterocycles. The number of rotatable bonds is 3. The Bertz CT molecular complexity index is 481. The summed E-state index contributed by atoms with van der Waals surface area (Å²) in [7, 11) is 0.873. The number of hydrogen-bond acceptors (Lipinski definition) is 3. The van der Waals surface area contributed by atoms with Crippen LogP contribution in [0.2, 0.25) is 0 Å². The molecule has 19 heavy (non-hydrogen) atoms. The van der Waals surface area contributed by atoms with Crippen molar-refractivity contribution < 1.29 is 31.8 Å². The third kappa shape index (κ3) is 3.36. The summed E-state index contributed by atoms with van der Waals surface area (Å²) in [6.45, 7) is 3.16. The van der Waals surface area contributed by atoms with Gasteiger partial charge in [-0.05, 0) is 26.0 Å². The minimum atomic E-state index is -4.86. The molecule has 0 aliphatic carbocycles. The zero-order chi connectivity index (χ0) is 14.8. The first-order chi connectivity index (χ1) is 8.68. The molecule has 0 saturated carbocycles. The quantitative estimate of drug-likeness (QED) is 0.628. The Morgan fingerprint density at radius 3 is 2.26 bits per heavy atom. The van der Waals surface area contributed by atoms with Crippen LogP contribution in [0.15, 0.2) is 12.1 Å². The number of halogens is 4. The van der Waals surface area contributed by atoms with Crippen LogP contribution in [0.5, 0.6) is 5.75 Å². The van der Waals surface area contributed by atoms with E-state index >= 15 is 0 Å². The van der Waals surface area contributed by atoms with Gasteiger partial charge in [0.25, 0.3) is 0 Å². The summed E-state index contributed by atoms with van der Waals surface area (Å²) >= 11 is 0. The monoisotopic (exact) mass is 280 g/mol. The first kappa shape index (κ1) is 15.3. The highest BCUT2D eigenvalue weighted by atomic mass is 19.4. The van der Waals surface area contributed by atoms with Crippen LogP contribution in [0.4, 0.5) is 17.6 Å². The molecule has 3 nitrogen and oxygen atoms in total. The fourth-order valence-corrected chi connectivity index (χ4v) is 1.44. The largest absolute Gasteiger partial charge is 0.488 e. The van der Waals surface area contributed by atoms with Crippen molar-refractivity contribution in [3.05, 3.63) is 29.1 Å². The highest BCUT2D eigenvalue weighted by Gasteiger charge is 2.38. The first-order valence-corrected chi connectivity index (χ1v) is 5.33. The lowest BCUT2D eigenvalue weighted by Crippen LogP contribution is -2.18. The number of ether oxygens (including phenoxy) is 2. The van der Waals surface area contributed by atoms with E-state index in [-0.39, 0.29) is 0 Å². The molecule has 0 spiro atoms.